The molecule has 1 N–H and O–H groups in total. The number of nitrogens with zero attached hydrogens (tertiary/aromatic N) is 2. The first-order valence-corrected chi connectivity index (χ1v) is 8.42. The van der Waals surface area contributed by atoms with Crippen molar-refractivity contribution in [3.8, 4) is 0 Å². The molecule has 1 rings (SSSR count). The predicted molar refractivity (Wildman–Crippen MR) is 71.2 cm³/mol. The molecule has 17 heavy (non-hydrogen) atoms. The highest BCUT2D eigenvalue weighted by Crippen LogP contribution is 2.17. The van der Waals surface area contributed by atoms with E-state index in [0.717, 1.165) is 23.8 Å². The number of nitrogens with one attached hydrogen (secondary N) is 1. The van der Waals surface area contributed by atoms with Crippen LogP contribution in [-0.4, -0.2) is 42.7 Å². The Morgan fingerprint density at radius 2 is 2.18 bits per heavy atom. The molecule has 0 saturated carbocycles. The van der Waals surface area contributed by atoms with E-state index in [-0.39, 0.29) is 5.75 Å². The number of hydrogen-bond acceptors (Lipinski definition) is 6. The molecule has 0 radical (unpaired) electrons. The van der Waals surface area contributed by atoms with Crippen molar-refractivity contribution in [3.05, 3.63) is 12.4 Å². The maximum Gasteiger partial charge on any atom is 0.148 e. The molecular weight excluding hydrogens is 258 g/mol. The Labute approximate surface area is 106 Å². The standard InChI is InChI=1S/C10H17N3O2S2/c1-3-4-11-9-7-10(13-8-12-9)16-5-6-17(2,14)15/h7-8H,3-6H2,1-2H3,(H,11,12,13). The molecular formula is C10H17N3O2S2. The van der Waals surface area contributed by atoms with Gasteiger partial charge in [0.2, 0.25) is 0 Å². The van der Waals surface area contributed by atoms with E-state index in [4.69, 9.17) is 0 Å². The van der Waals surface area contributed by atoms with Crippen LogP contribution in [0, 0.1) is 0 Å². The molecule has 0 amide bonds. The number of rotatable bonds is 7. The smallest absolute Gasteiger partial charge is 0.148 e. The Kier molecular flexibility index (Phi) is 5.70. The molecule has 0 bridgehead atoms. The van der Waals surface area contributed by atoms with Crippen LogP contribution in [0.5, 0.6) is 0 Å². The SMILES string of the molecule is CCCNc1cc(SCCS(C)(=O)=O)ncn1. The summed E-state index contributed by atoms with van der Waals surface area (Å²) in [5, 5.41) is 3.95. The first-order chi connectivity index (χ1) is 8.01. The summed E-state index contributed by atoms with van der Waals surface area (Å²) >= 11 is 1.42. The fourth-order valence-corrected chi connectivity index (χ4v) is 3.14. The van der Waals surface area contributed by atoms with Gasteiger partial charge in [-0.05, 0) is 6.42 Å². The van der Waals surface area contributed by atoms with Crippen LogP contribution in [0.3, 0.4) is 0 Å². The lowest BCUT2D eigenvalue weighted by molar-refractivity contribution is 0.603. The zero-order valence-electron chi connectivity index (χ0n) is 10.0. The Balaban J connectivity index is 2.48. The lowest BCUT2D eigenvalue weighted by Crippen LogP contribution is -2.05. The van der Waals surface area contributed by atoms with Gasteiger partial charge in [-0.1, -0.05) is 6.92 Å². The largest absolute Gasteiger partial charge is 0.370 e. The van der Waals surface area contributed by atoms with Crippen LogP contribution in [0.2, 0.25) is 0 Å². The second kappa shape index (κ2) is 6.80. The Hall–Kier alpha value is -0.820. The number of aromatic nitrogens is 2. The summed E-state index contributed by atoms with van der Waals surface area (Å²) in [6.45, 7) is 2.94. The molecule has 0 atom stereocenters. The highest BCUT2D eigenvalue weighted by Gasteiger charge is 2.04. The summed E-state index contributed by atoms with van der Waals surface area (Å²) < 4.78 is 21.9. The van der Waals surface area contributed by atoms with Crippen molar-refractivity contribution in [1.82, 2.24) is 9.97 Å². The van der Waals surface area contributed by atoms with E-state index in [2.05, 4.69) is 22.2 Å². The van der Waals surface area contributed by atoms with Crippen molar-refractivity contribution in [1.29, 1.82) is 0 Å². The van der Waals surface area contributed by atoms with Crippen molar-refractivity contribution < 1.29 is 8.42 Å². The highest BCUT2D eigenvalue weighted by atomic mass is 32.2. The lowest BCUT2D eigenvalue weighted by Gasteiger charge is -2.05. The van der Waals surface area contributed by atoms with Crippen LogP contribution >= 0.6 is 11.8 Å². The van der Waals surface area contributed by atoms with Crippen LogP contribution in [-0.2, 0) is 9.84 Å². The van der Waals surface area contributed by atoms with E-state index >= 15 is 0 Å². The van der Waals surface area contributed by atoms with Gasteiger partial charge in [0.25, 0.3) is 0 Å². The summed E-state index contributed by atoms with van der Waals surface area (Å²) in [5.74, 6) is 1.46. The van der Waals surface area contributed by atoms with E-state index in [1.165, 1.54) is 24.3 Å². The van der Waals surface area contributed by atoms with Gasteiger partial charge in [-0.3, -0.25) is 0 Å². The van der Waals surface area contributed by atoms with Crippen LogP contribution in [0.4, 0.5) is 5.82 Å². The third-order valence-electron chi connectivity index (χ3n) is 1.90. The van der Waals surface area contributed by atoms with E-state index in [9.17, 15) is 8.42 Å². The lowest BCUT2D eigenvalue weighted by atomic mass is 10.4. The van der Waals surface area contributed by atoms with Crippen LogP contribution < -0.4 is 5.32 Å². The maximum absolute atomic E-state index is 11.0. The van der Waals surface area contributed by atoms with Gasteiger partial charge in [0, 0.05) is 24.6 Å². The molecule has 0 aromatic carbocycles. The molecule has 96 valence electrons. The molecule has 0 aliphatic heterocycles. The zero-order chi connectivity index (χ0) is 12.7. The topological polar surface area (TPSA) is 72.0 Å². The zero-order valence-corrected chi connectivity index (χ0v) is 11.6. The average Bonchev–Trinajstić information content (AvgIpc) is 2.25. The first-order valence-electron chi connectivity index (χ1n) is 5.37. The van der Waals surface area contributed by atoms with Gasteiger partial charge in [-0.25, -0.2) is 18.4 Å². The molecule has 0 fully saturated rings. The first kappa shape index (κ1) is 14.2. The van der Waals surface area contributed by atoms with Crippen molar-refractivity contribution in [2.45, 2.75) is 18.4 Å². The molecule has 0 spiro atoms. The Morgan fingerprint density at radius 3 is 2.82 bits per heavy atom. The summed E-state index contributed by atoms with van der Waals surface area (Å²) in [5.41, 5.74) is 0. The van der Waals surface area contributed by atoms with Gasteiger partial charge in [0.05, 0.1) is 5.75 Å². The minimum atomic E-state index is -2.90. The van der Waals surface area contributed by atoms with E-state index in [0.29, 0.717) is 5.75 Å². The van der Waals surface area contributed by atoms with Crippen molar-refractivity contribution in [2.24, 2.45) is 0 Å². The third-order valence-corrected chi connectivity index (χ3v) is 4.03. The number of thioether (sulfide) groups is 1. The number of hydrogen-bond donors (Lipinski definition) is 1. The van der Waals surface area contributed by atoms with Crippen molar-refractivity contribution in [3.63, 3.8) is 0 Å². The maximum atomic E-state index is 11.0. The summed E-state index contributed by atoms with van der Waals surface area (Å²) in [6.07, 6.45) is 3.75. The van der Waals surface area contributed by atoms with Gasteiger partial charge in [0.15, 0.2) is 0 Å². The third kappa shape index (κ3) is 6.48. The Bertz CT molecular complexity index is 449. The normalized spacial score (nSPS) is 11.4. The molecule has 0 aliphatic rings. The molecule has 0 saturated heterocycles. The van der Waals surface area contributed by atoms with Crippen LogP contribution in [0.25, 0.3) is 0 Å². The van der Waals surface area contributed by atoms with E-state index in [1.54, 1.807) is 0 Å². The minimum Gasteiger partial charge on any atom is -0.370 e. The van der Waals surface area contributed by atoms with Crippen molar-refractivity contribution >= 4 is 27.4 Å². The molecule has 0 unspecified atom stereocenters. The minimum absolute atomic E-state index is 0.166. The van der Waals surface area contributed by atoms with Crippen LogP contribution in [0.1, 0.15) is 13.3 Å². The monoisotopic (exact) mass is 275 g/mol. The van der Waals surface area contributed by atoms with E-state index in [1.807, 2.05) is 6.07 Å². The fourth-order valence-electron chi connectivity index (χ4n) is 1.07. The summed E-state index contributed by atoms with van der Waals surface area (Å²) in [6, 6.07) is 1.84. The van der Waals surface area contributed by atoms with Gasteiger partial charge in [0.1, 0.15) is 27.0 Å². The number of anilines is 1. The molecule has 1 aromatic heterocycles. The second-order valence-electron chi connectivity index (χ2n) is 3.65. The molecule has 7 heteroatoms. The fraction of sp³-hybridized carbons (Fsp3) is 0.600. The predicted octanol–water partition coefficient (Wildman–Crippen LogP) is 1.44. The Morgan fingerprint density at radius 1 is 1.41 bits per heavy atom. The van der Waals surface area contributed by atoms with Gasteiger partial charge in [-0.15, -0.1) is 11.8 Å². The second-order valence-corrected chi connectivity index (χ2v) is 7.02. The average molecular weight is 275 g/mol. The molecule has 1 heterocycles. The molecule has 1 aromatic rings. The quantitative estimate of drug-likeness (QED) is 0.599. The summed E-state index contributed by atoms with van der Waals surface area (Å²) in [7, 11) is -2.90. The molecule has 5 nitrogen and oxygen atoms in total. The highest BCUT2D eigenvalue weighted by molar-refractivity contribution is 8.00. The van der Waals surface area contributed by atoms with E-state index < -0.39 is 9.84 Å². The molecule has 0 aliphatic carbocycles. The number of sulfone groups is 1. The van der Waals surface area contributed by atoms with Gasteiger partial charge >= 0.3 is 0 Å². The van der Waals surface area contributed by atoms with Crippen molar-refractivity contribution in [2.75, 3.05) is 29.6 Å². The van der Waals surface area contributed by atoms with Crippen LogP contribution in [0.15, 0.2) is 17.4 Å². The van der Waals surface area contributed by atoms with Gasteiger partial charge in [-0.2, -0.15) is 0 Å². The van der Waals surface area contributed by atoms with Gasteiger partial charge < -0.3 is 5.32 Å². The summed E-state index contributed by atoms with van der Waals surface area (Å²) in [4.78, 5) is 8.16.